The molecule has 1 aromatic carbocycles. The smallest absolute Gasteiger partial charge is 0.209 e. The van der Waals surface area contributed by atoms with Crippen LogP contribution in [0.3, 0.4) is 0 Å². The minimum atomic E-state index is -0.990. The van der Waals surface area contributed by atoms with E-state index < -0.39 is 12.3 Å². The third-order valence-corrected chi connectivity index (χ3v) is 6.51. The van der Waals surface area contributed by atoms with Gasteiger partial charge < -0.3 is 25.2 Å². The third kappa shape index (κ3) is 5.50. The van der Waals surface area contributed by atoms with Gasteiger partial charge in [-0.1, -0.05) is 23.5 Å². The van der Waals surface area contributed by atoms with Gasteiger partial charge in [-0.15, -0.1) is 10.2 Å². The van der Waals surface area contributed by atoms with Gasteiger partial charge in [0.15, 0.2) is 6.23 Å². The van der Waals surface area contributed by atoms with Gasteiger partial charge in [0.25, 0.3) is 0 Å². The van der Waals surface area contributed by atoms with Gasteiger partial charge >= 0.3 is 0 Å². The zero-order chi connectivity index (χ0) is 22.3. The zero-order valence-corrected chi connectivity index (χ0v) is 19.0. The van der Waals surface area contributed by atoms with Crippen molar-refractivity contribution in [2.45, 2.75) is 50.0 Å². The predicted octanol–water partition coefficient (Wildman–Crippen LogP) is 3.59. The van der Waals surface area contributed by atoms with Crippen molar-refractivity contribution in [1.82, 2.24) is 20.4 Å². The number of aliphatic hydroxyl groups is 1. The van der Waals surface area contributed by atoms with E-state index in [2.05, 4.69) is 37.1 Å². The van der Waals surface area contributed by atoms with E-state index in [4.69, 9.17) is 9.47 Å². The maximum atomic E-state index is 10.7. The molecular weight excluding hydrogens is 428 g/mol. The number of nitrogens with one attached hydrogen (secondary N) is 2. The first-order valence-electron chi connectivity index (χ1n) is 10.6. The summed E-state index contributed by atoms with van der Waals surface area (Å²) in [4.78, 5) is 0. The lowest BCUT2D eigenvalue weighted by Gasteiger charge is -2.28. The summed E-state index contributed by atoms with van der Waals surface area (Å²) >= 11 is 1.38. The minimum absolute atomic E-state index is 0.345. The summed E-state index contributed by atoms with van der Waals surface area (Å²) < 4.78 is 10.8. The number of nitrogens with zero attached hydrogens (tertiary/aromatic N) is 4. The molecule has 1 aliphatic carbocycles. The topological polar surface area (TPSA) is 114 Å². The molecule has 4 rings (SSSR count). The molecule has 2 unspecified atom stereocenters. The molecule has 2 heterocycles. The molecule has 0 spiro atoms. The van der Waals surface area contributed by atoms with Crippen molar-refractivity contribution < 1.29 is 14.6 Å². The van der Waals surface area contributed by atoms with Gasteiger partial charge in [0.05, 0.1) is 12.8 Å². The van der Waals surface area contributed by atoms with Crippen molar-refractivity contribution in [2.75, 3.05) is 24.9 Å². The van der Waals surface area contributed by atoms with Crippen LogP contribution in [-0.2, 0) is 4.74 Å². The maximum absolute atomic E-state index is 10.7. The molecule has 9 nitrogen and oxygen atoms in total. The van der Waals surface area contributed by atoms with Gasteiger partial charge in [0.1, 0.15) is 11.9 Å². The van der Waals surface area contributed by atoms with E-state index in [1.54, 1.807) is 20.4 Å². The molecule has 0 bridgehead atoms. The van der Waals surface area contributed by atoms with Gasteiger partial charge in [-0.05, 0) is 55.5 Å². The standard InChI is InChI=1S/C22H28N6O3S/c1-30-17-6-3-5-15(13-17)19(31-2)20(29)25-22-28-27-21(32-22)24-16-10-8-14(9-11-16)18-7-4-12-23-26-18/h3-7,12-14,16,19-20,29H,8-11H2,1-2H3,(H,24,27)(H,25,28)/t14-,16+,19?,20?. The van der Waals surface area contributed by atoms with Crippen molar-refractivity contribution in [3.63, 3.8) is 0 Å². The highest BCUT2D eigenvalue weighted by Crippen LogP contribution is 2.34. The lowest BCUT2D eigenvalue weighted by atomic mass is 9.84. The van der Waals surface area contributed by atoms with Crippen molar-refractivity contribution in [2.24, 2.45) is 0 Å². The highest BCUT2D eigenvalue weighted by molar-refractivity contribution is 7.19. The van der Waals surface area contributed by atoms with E-state index >= 15 is 0 Å². The summed E-state index contributed by atoms with van der Waals surface area (Å²) in [5.74, 6) is 1.17. The summed E-state index contributed by atoms with van der Waals surface area (Å²) in [7, 11) is 3.16. The summed E-state index contributed by atoms with van der Waals surface area (Å²) in [6, 6.07) is 11.8. The molecule has 1 fully saturated rings. The molecule has 2 aromatic heterocycles. The third-order valence-electron chi connectivity index (χ3n) is 5.73. The molecule has 10 heteroatoms. The second kappa shape index (κ2) is 10.7. The fourth-order valence-corrected chi connectivity index (χ4v) is 4.80. The average Bonchev–Trinajstić information content (AvgIpc) is 3.27. The lowest BCUT2D eigenvalue weighted by Crippen LogP contribution is -2.28. The van der Waals surface area contributed by atoms with Gasteiger partial charge in [0.2, 0.25) is 10.3 Å². The molecule has 1 saturated carbocycles. The van der Waals surface area contributed by atoms with E-state index in [9.17, 15) is 5.11 Å². The summed E-state index contributed by atoms with van der Waals surface area (Å²) in [5, 5.41) is 35.0. The van der Waals surface area contributed by atoms with E-state index in [0.717, 1.165) is 42.1 Å². The van der Waals surface area contributed by atoms with Crippen molar-refractivity contribution in [3.05, 3.63) is 53.9 Å². The van der Waals surface area contributed by atoms with Crippen LogP contribution in [0.2, 0.25) is 0 Å². The van der Waals surface area contributed by atoms with Crippen molar-refractivity contribution in [3.8, 4) is 5.75 Å². The summed E-state index contributed by atoms with van der Waals surface area (Å²) in [5.41, 5.74) is 1.88. The molecule has 0 radical (unpaired) electrons. The van der Waals surface area contributed by atoms with Crippen LogP contribution in [0.5, 0.6) is 5.75 Å². The number of benzene rings is 1. The molecule has 0 aliphatic heterocycles. The highest BCUT2D eigenvalue weighted by Gasteiger charge is 2.25. The first-order valence-corrected chi connectivity index (χ1v) is 11.5. The number of hydrogen-bond donors (Lipinski definition) is 3. The van der Waals surface area contributed by atoms with Crippen LogP contribution < -0.4 is 15.4 Å². The Morgan fingerprint density at radius 3 is 2.56 bits per heavy atom. The Labute approximate surface area is 191 Å². The fraction of sp³-hybridized carbons (Fsp3) is 0.455. The Bertz CT molecular complexity index is 981. The van der Waals surface area contributed by atoms with Crippen LogP contribution in [0, 0.1) is 0 Å². The number of aliphatic hydroxyl groups excluding tert-OH is 1. The Morgan fingerprint density at radius 2 is 1.84 bits per heavy atom. The van der Waals surface area contributed by atoms with E-state index in [-0.39, 0.29) is 0 Å². The molecule has 3 aromatic rings. The molecule has 32 heavy (non-hydrogen) atoms. The van der Waals surface area contributed by atoms with Gasteiger partial charge in [0, 0.05) is 25.3 Å². The van der Waals surface area contributed by atoms with Crippen LogP contribution in [0.1, 0.15) is 49.0 Å². The zero-order valence-electron chi connectivity index (χ0n) is 18.1. The maximum Gasteiger partial charge on any atom is 0.209 e. The highest BCUT2D eigenvalue weighted by atomic mass is 32.1. The molecule has 170 valence electrons. The lowest BCUT2D eigenvalue weighted by molar-refractivity contribution is 0.00112. The molecule has 3 N–H and O–H groups in total. The Morgan fingerprint density at radius 1 is 1.03 bits per heavy atom. The van der Waals surface area contributed by atoms with Crippen LogP contribution in [0.25, 0.3) is 0 Å². The van der Waals surface area contributed by atoms with Gasteiger partial charge in [-0.3, -0.25) is 0 Å². The average molecular weight is 457 g/mol. The van der Waals surface area contributed by atoms with Crippen molar-refractivity contribution in [1.29, 1.82) is 0 Å². The number of rotatable bonds is 9. The largest absolute Gasteiger partial charge is 0.497 e. The molecule has 0 amide bonds. The van der Waals surface area contributed by atoms with Gasteiger partial charge in [-0.25, -0.2) is 0 Å². The number of aromatic nitrogens is 4. The Hall–Kier alpha value is -2.82. The van der Waals surface area contributed by atoms with Crippen LogP contribution in [0.4, 0.5) is 10.3 Å². The molecule has 2 atom stereocenters. The minimum Gasteiger partial charge on any atom is -0.497 e. The number of anilines is 2. The first-order chi connectivity index (χ1) is 15.7. The van der Waals surface area contributed by atoms with E-state index in [1.165, 1.54) is 11.3 Å². The van der Waals surface area contributed by atoms with Gasteiger partial charge in [-0.2, -0.15) is 10.2 Å². The Balaban J connectivity index is 1.30. The quantitative estimate of drug-likeness (QED) is 0.416. The molecule has 1 aliphatic rings. The summed E-state index contributed by atoms with van der Waals surface area (Å²) in [6.07, 6.45) is 4.34. The summed E-state index contributed by atoms with van der Waals surface area (Å²) in [6.45, 7) is 0. The Kier molecular flexibility index (Phi) is 7.46. The van der Waals surface area contributed by atoms with Crippen LogP contribution >= 0.6 is 11.3 Å². The molecule has 0 saturated heterocycles. The monoisotopic (exact) mass is 456 g/mol. The van der Waals surface area contributed by atoms with Crippen LogP contribution in [-0.4, -0.2) is 52.0 Å². The number of methoxy groups -OCH3 is 2. The fourth-order valence-electron chi connectivity index (χ4n) is 4.05. The normalized spacial score (nSPS) is 20.3. The van der Waals surface area contributed by atoms with Crippen molar-refractivity contribution >= 4 is 21.6 Å². The number of ether oxygens (including phenoxy) is 2. The number of hydrogen-bond acceptors (Lipinski definition) is 10. The predicted molar refractivity (Wildman–Crippen MR) is 123 cm³/mol. The SMILES string of the molecule is COc1cccc(C(OC)C(O)Nc2nnc(N[C@H]3CC[C@@H](c4cccnn4)CC3)s2)c1. The molecular formula is C22H28N6O3S. The second-order valence-electron chi connectivity index (χ2n) is 7.78. The van der Waals surface area contributed by atoms with E-state index in [1.807, 2.05) is 30.3 Å². The first kappa shape index (κ1) is 22.4. The second-order valence-corrected chi connectivity index (χ2v) is 8.75. The van der Waals surface area contributed by atoms with Crippen LogP contribution in [0.15, 0.2) is 42.6 Å². The van der Waals surface area contributed by atoms with E-state index in [0.29, 0.717) is 22.8 Å².